The predicted octanol–water partition coefficient (Wildman–Crippen LogP) is -0.0636. The van der Waals surface area contributed by atoms with E-state index in [1.165, 1.54) is 0 Å². The average Bonchev–Trinajstić information content (AvgIpc) is 2.69. The Morgan fingerprint density at radius 2 is 2.17 bits per heavy atom. The van der Waals surface area contributed by atoms with Gasteiger partial charge in [-0.15, -0.1) is 0 Å². The first kappa shape index (κ1) is 9.47. The van der Waals surface area contributed by atoms with Gasteiger partial charge in [0.15, 0.2) is 0 Å². The molecule has 1 rings (SSSR count). The van der Waals surface area contributed by atoms with Crippen molar-refractivity contribution in [1.82, 2.24) is 4.72 Å². The first-order valence-corrected chi connectivity index (χ1v) is 5.18. The van der Waals surface area contributed by atoms with Crippen molar-refractivity contribution >= 4 is 16.2 Å². The van der Waals surface area contributed by atoms with E-state index in [0.29, 0.717) is 0 Å². The van der Waals surface area contributed by atoms with E-state index < -0.39 is 16.2 Å². The van der Waals surface area contributed by atoms with Gasteiger partial charge >= 0.3 is 10.3 Å². The van der Waals surface area contributed by atoms with Crippen LogP contribution < -0.4 is 4.72 Å². The first-order valence-electron chi connectivity index (χ1n) is 3.77. The van der Waals surface area contributed by atoms with Gasteiger partial charge in [-0.1, -0.05) is 6.92 Å². The molecule has 0 aromatic heterocycles. The highest BCUT2D eigenvalue weighted by molar-refractivity contribution is 7.85. The van der Waals surface area contributed by atoms with Gasteiger partial charge in [-0.05, 0) is 12.8 Å². The van der Waals surface area contributed by atoms with Gasteiger partial charge in [0, 0.05) is 6.42 Å². The lowest BCUT2D eigenvalue weighted by Gasteiger charge is -2.03. The van der Waals surface area contributed by atoms with Crippen LogP contribution >= 0.6 is 0 Å². The molecule has 1 fully saturated rings. The summed E-state index contributed by atoms with van der Waals surface area (Å²) in [5, 5.41) is 0. The second-order valence-corrected chi connectivity index (χ2v) is 3.93. The molecule has 0 heterocycles. The summed E-state index contributed by atoms with van der Waals surface area (Å²) < 4.78 is 28.1. The van der Waals surface area contributed by atoms with Gasteiger partial charge in [0.25, 0.3) is 0 Å². The Labute approximate surface area is 71.4 Å². The second-order valence-electron chi connectivity index (χ2n) is 2.63. The summed E-state index contributed by atoms with van der Waals surface area (Å²) in [6, 6.07) is 0. The van der Waals surface area contributed by atoms with Crippen molar-refractivity contribution in [1.29, 1.82) is 0 Å². The molecule has 1 saturated carbocycles. The standard InChI is InChI=1S/C6H11NO4S/c1-2-6(8)7-12(9,10)11-5-3-4-5/h5H,2-4H2,1H3,(H,7,8). The Kier molecular flexibility index (Phi) is 2.69. The van der Waals surface area contributed by atoms with Crippen molar-refractivity contribution in [2.75, 3.05) is 0 Å². The maximum absolute atomic E-state index is 10.9. The fourth-order valence-electron chi connectivity index (χ4n) is 0.579. The summed E-state index contributed by atoms with van der Waals surface area (Å²) in [7, 11) is -3.83. The monoisotopic (exact) mass is 193 g/mol. The number of carbonyl (C=O) groups is 1. The lowest BCUT2D eigenvalue weighted by molar-refractivity contribution is -0.119. The Hall–Kier alpha value is -0.620. The molecular formula is C6H11NO4S. The lowest BCUT2D eigenvalue weighted by atomic mass is 10.5. The molecule has 12 heavy (non-hydrogen) atoms. The quantitative estimate of drug-likeness (QED) is 0.678. The molecule has 0 bridgehead atoms. The van der Waals surface area contributed by atoms with Crippen LogP contribution in [0.25, 0.3) is 0 Å². The third-order valence-electron chi connectivity index (χ3n) is 1.35. The third-order valence-corrected chi connectivity index (χ3v) is 2.35. The molecular weight excluding hydrogens is 182 g/mol. The molecule has 70 valence electrons. The number of carbonyl (C=O) groups excluding carboxylic acids is 1. The van der Waals surface area contributed by atoms with E-state index >= 15 is 0 Å². The van der Waals surface area contributed by atoms with Crippen LogP contribution in [0.15, 0.2) is 0 Å². The third kappa shape index (κ3) is 3.19. The van der Waals surface area contributed by atoms with Gasteiger partial charge in [-0.25, -0.2) is 4.72 Å². The highest BCUT2D eigenvalue weighted by atomic mass is 32.2. The molecule has 5 nitrogen and oxygen atoms in total. The molecule has 0 radical (unpaired) electrons. The van der Waals surface area contributed by atoms with Crippen LogP contribution in [0.5, 0.6) is 0 Å². The van der Waals surface area contributed by atoms with Gasteiger partial charge in [0.05, 0.1) is 6.10 Å². The molecule has 0 atom stereocenters. The van der Waals surface area contributed by atoms with E-state index in [1.54, 1.807) is 11.6 Å². The van der Waals surface area contributed by atoms with Gasteiger partial charge in [-0.2, -0.15) is 8.42 Å². The van der Waals surface area contributed by atoms with Gasteiger partial charge in [0.1, 0.15) is 0 Å². The van der Waals surface area contributed by atoms with Crippen molar-refractivity contribution in [3.05, 3.63) is 0 Å². The maximum Gasteiger partial charge on any atom is 0.362 e. The molecule has 1 aliphatic rings. The van der Waals surface area contributed by atoms with Crippen LogP contribution in [0.2, 0.25) is 0 Å². The van der Waals surface area contributed by atoms with E-state index in [2.05, 4.69) is 4.18 Å². The molecule has 6 heteroatoms. The zero-order valence-corrected chi connectivity index (χ0v) is 7.56. The average molecular weight is 193 g/mol. The molecule has 1 amide bonds. The number of nitrogens with one attached hydrogen (secondary N) is 1. The van der Waals surface area contributed by atoms with Crippen molar-refractivity contribution in [3.63, 3.8) is 0 Å². The summed E-state index contributed by atoms with van der Waals surface area (Å²) in [5.74, 6) is -0.546. The number of amides is 1. The molecule has 0 aromatic rings. The molecule has 0 spiro atoms. The highest BCUT2D eigenvalue weighted by Gasteiger charge is 2.29. The predicted molar refractivity (Wildman–Crippen MR) is 41.5 cm³/mol. The molecule has 0 aliphatic heterocycles. The molecule has 1 N–H and O–H groups in total. The minimum Gasteiger partial charge on any atom is -0.274 e. The van der Waals surface area contributed by atoms with E-state index in [1.807, 2.05) is 0 Å². The largest absolute Gasteiger partial charge is 0.362 e. The number of hydrogen-bond acceptors (Lipinski definition) is 4. The smallest absolute Gasteiger partial charge is 0.274 e. The summed E-state index contributed by atoms with van der Waals surface area (Å²) >= 11 is 0. The van der Waals surface area contributed by atoms with E-state index in [4.69, 9.17) is 0 Å². The fraction of sp³-hybridized carbons (Fsp3) is 0.833. The van der Waals surface area contributed by atoms with E-state index in [0.717, 1.165) is 12.8 Å². The van der Waals surface area contributed by atoms with Crippen molar-refractivity contribution < 1.29 is 17.4 Å². The summed E-state index contributed by atoms with van der Waals surface area (Å²) in [5.41, 5.74) is 0. The Morgan fingerprint density at radius 1 is 1.58 bits per heavy atom. The fourth-order valence-corrected chi connectivity index (χ4v) is 1.60. The second kappa shape index (κ2) is 3.40. The lowest BCUT2D eigenvalue weighted by Crippen LogP contribution is -2.31. The summed E-state index contributed by atoms with van der Waals surface area (Å²) in [4.78, 5) is 10.7. The van der Waals surface area contributed by atoms with Gasteiger partial charge < -0.3 is 0 Å². The summed E-state index contributed by atoms with van der Waals surface area (Å²) in [6.07, 6.45) is 1.42. The van der Waals surface area contributed by atoms with E-state index in [-0.39, 0.29) is 12.5 Å². The van der Waals surface area contributed by atoms with Crippen LogP contribution in [0.4, 0.5) is 0 Å². The Bertz CT molecular complexity index is 267. The minimum absolute atomic E-state index is 0.132. The van der Waals surface area contributed by atoms with Crippen molar-refractivity contribution in [2.45, 2.75) is 32.3 Å². The zero-order chi connectivity index (χ0) is 9.19. The molecule has 0 aromatic carbocycles. The minimum atomic E-state index is -3.83. The first-order chi connectivity index (χ1) is 5.53. The van der Waals surface area contributed by atoms with E-state index in [9.17, 15) is 13.2 Å². The number of rotatable bonds is 4. The Morgan fingerprint density at radius 3 is 2.58 bits per heavy atom. The number of hydrogen-bond donors (Lipinski definition) is 1. The SMILES string of the molecule is CCC(=O)NS(=O)(=O)OC1CC1. The Balaban J connectivity index is 2.41. The maximum atomic E-state index is 10.9. The summed E-state index contributed by atoms with van der Waals surface area (Å²) in [6.45, 7) is 1.57. The van der Waals surface area contributed by atoms with Crippen LogP contribution in [0.1, 0.15) is 26.2 Å². The van der Waals surface area contributed by atoms with Crippen molar-refractivity contribution in [2.24, 2.45) is 0 Å². The molecule has 0 unspecified atom stereocenters. The van der Waals surface area contributed by atoms with Crippen LogP contribution in [-0.2, 0) is 19.3 Å². The molecule has 0 saturated heterocycles. The van der Waals surface area contributed by atoms with Crippen molar-refractivity contribution in [3.8, 4) is 0 Å². The van der Waals surface area contributed by atoms with Gasteiger partial charge in [-0.3, -0.25) is 8.98 Å². The molecule has 1 aliphatic carbocycles. The van der Waals surface area contributed by atoms with Crippen LogP contribution in [0, 0.1) is 0 Å². The van der Waals surface area contributed by atoms with Crippen LogP contribution in [0.3, 0.4) is 0 Å². The zero-order valence-electron chi connectivity index (χ0n) is 6.74. The van der Waals surface area contributed by atoms with Crippen LogP contribution in [-0.4, -0.2) is 20.4 Å². The van der Waals surface area contributed by atoms with Gasteiger partial charge in [0.2, 0.25) is 5.91 Å². The topological polar surface area (TPSA) is 72.5 Å². The highest BCUT2D eigenvalue weighted by Crippen LogP contribution is 2.24. The normalized spacial score (nSPS) is 17.4.